The zero-order valence-electron chi connectivity index (χ0n) is 18.6. The van der Waals surface area contributed by atoms with Gasteiger partial charge < -0.3 is 35.1 Å². The first kappa shape index (κ1) is 26.2. The average Bonchev–Trinajstić information content (AvgIpc) is 3.32. The van der Waals surface area contributed by atoms with Gasteiger partial charge in [0.15, 0.2) is 11.5 Å². The van der Waals surface area contributed by atoms with Gasteiger partial charge in [-0.25, -0.2) is 0 Å². The van der Waals surface area contributed by atoms with Crippen molar-refractivity contribution in [2.24, 2.45) is 5.73 Å². The Labute approximate surface area is 202 Å². The van der Waals surface area contributed by atoms with Crippen LogP contribution in [0, 0.1) is 0 Å². The lowest BCUT2D eigenvalue weighted by Crippen LogP contribution is -2.38. The first-order valence-corrected chi connectivity index (χ1v) is 10.3. The van der Waals surface area contributed by atoms with Crippen LogP contribution in [0.15, 0.2) is 36.5 Å². The largest absolute Gasteiger partial charge is 0.495 e. The molecular formula is C22H26ClN3O6S. The van der Waals surface area contributed by atoms with E-state index < -0.39 is 18.6 Å². The number of aliphatic hydroxyl groups excluding tert-OH is 1. The normalized spacial score (nSPS) is 11.2. The van der Waals surface area contributed by atoms with Gasteiger partial charge in [0.05, 0.1) is 45.6 Å². The first-order chi connectivity index (χ1) is 15.5. The second-order valence-electron chi connectivity index (χ2n) is 6.68. The molecule has 0 aliphatic carbocycles. The van der Waals surface area contributed by atoms with Crippen molar-refractivity contribution < 1.29 is 28.8 Å². The third-order valence-electron chi connectivity index (χ3n) is 4.80. The minimum atomic E-state index is -1.04. The zero-order valence-corrected chi connectivity index (χ0v) is 20.2. The summed E-state index contributed by atoms with van der Waals surface area (Å²) in [5.41, 5.74) is 8.53. The van der Waals surface area contributed by atoms with E-state index in [2.05, 4.69) is 9.69 Å². The van der Waals surface area contributed by atoms with E-state index in [9.17, 15) is 4.79 Å². The molecule has 1 atom stereocenters. The van der Waals surface area contributed by atoms with Crippen molar-refractivity contribution in [1.29, 1.82) is 0 Å². The molecule has 0 saturated heterocycles. The molecule has 9 nitrogen and oxygen atoms in total. The molecule has 3 rings (SSSR count). The topological polar surface area (TPSA) is 125 Å². The van der Waals surface area contributed by atoms with E-state index in [1.807, 2.05) is 18.2 Å². The smallest absolute Gasteiger partial charge is 0.243 e. The highest BCUT2D eigenvalue weighted by atomic mass is 35.5. The fourth-order valence-electron chi connectivity index (χ4n) is 3.15. The molecule has 1 heterocycles. The number of amides is 1. The molecule has 1 amide bonds. The number of nitrogens with two attached hydrogens (primary N) is 1. The molecule has 0 aliphatic heterocycles. The van der Waals surface area contributed by atoms with E-state index >= 15 is 0 Å². The summed E-state index contributed by atoms with van der Waals surface area (Å²) in [6, 6.07) is 8.04. The Morgan fingerprint density at radius 1 is 1.03 bits per heavy atom. The molecule has 178 valence electrons. The SMILES string of the molecule is COc1ccc(-c2cnsc2-c2cc(OC)c(OC)c(OC)c2)cc1NC(=O)C(N)CO.Cl. The van der Waals surface area contributed by atoms with E-state index in [0.29, 0.717) is 28.7 Å². The van der Waals surface area contributed by atoms with Crippen LogP contribution in [0.4, 0.5) is 5.69 Å². The van der Waals surface area contributed by atoms with E-state index in [1.54, 1.807) is 39.7 Å². The van der Waals surface area contributed by atoms with E-state index in [0.717, 1.165) is 21.6 Å². The highest BCUT2D eigenvalue weighted by Gasteiger charge is 2.20. The lowest BCUT2D eigenvalue weighted by molar-refractivity contribution is -0.118. The molecule has 4 N–H and O–H groups in total. The van der Waals surface area contributed by atoms with Crippen LogP contribution in [0.2, 0.25) is 0 Å². The molecule has 0 bridgehead atoms. The second-order valence-corrected chi connectivity index (χ2v) is 7.48. The molecule has 1 aromatic heterocycles. The van der Waals surface area contributed by atoms with Crippen LogP contribution in [0.5, 0.6) is 23.0 Å². The lowest BCUT2D eigenvalue weighted by Gasteiger charge is -2.15. The van der Waals surface area contributed by atoms with Crippen LogP contribution in [-0.4, -0.2) is 56.5 Å². The molecule has 11 heteroatoms. The van der Waals surface area contributed by atoms with Crippen molar-refractivity contribution in [3.05, 3.63) is 36.5 Å². The number of nitrogens with one attached hydrogen (secondary N) is 1. The molecule has 0 radical (unpaired) electrons. The van der Waals surface area contributed by atoms with Crippen LogP contribution in [-0.2, 0) is 4.79 Å². The number of hydrogen-bond acceptors (Lipinski definition) is 9. The quantitative estimate of drug-likeness (QED) is 0.413. The van der Waals surface area contributed by atoms with Gasteiger partial charge in [-0.1, -0.05) is 6.07 Å². The fourth-order valence-corrected chi connectivity index (χ4v) is 3.90. The van der Waals surface area contributed by atoms with Crippen molar-refractivity contribution in [2.45, 2.75) is 6.04 Å². The minimum absolute atomic E-state index is 0. The van der Waals surface area contributed by atoms with E-state index in [4.69, 9.17) is 29.8 Å². The van der Waals surface area contributed by atoms with Gasteiger partial charge in [0.2, 0.25) is 11.7 Å². The summed E-state index contributed by atoms with van der Waals surface area (Å²) < 4.78 is 26.1. The fraction of sp³-hybridized carbons (Fsp3) is 0.273. The Kier molecular flexibility index (Phi) is 9.30. The number of aliphatic hydroxyl groups is 1. The minimum Gasteiger partial charge on any atom is -0.495 e. The van der Waals surface area contributed by atoms with Gasteiger partial charge in [-0.2, -0.15) is 4.37 Å². The van der Waals surface area contributed by atoms with E-state index in [-0.39, 0.29) is 12.4 Å². The molecule has 33 heavy (non-hydrogen) atoms. The summed E-state index contributed by atoms with van der Waals surface area (Å²) in [5, 5.41) is 11.8. The number of ether oxygens (including phenoxy) is 4. The third-order valence-corrected chi connectivity index (χ3v) is 5.65. The highest BCUT2D eigenvalue weighted by Crippen LogP contribution is 2.45. The van der Waals surface area contributed by atoms with Gasteiger partial charge in [-0.05, 0) is 41.4 Å². The van der Waals surface area contributed by atoms with Crippen LogP contribution >= 0.6 is 23.9 Å². The van der Waals surface area contributed by atoms with E-state index in [1.165, 1.54) is 18.6 Å². The summed E-state index contributed by atoms with van der Waals surface area (Å²) in [5.74, 6) is 1.50. The van der Waals surface area contributed by atoms with Crippen LogP contribution in [0.1, 0.15) is 0 Å². The summed E-state index contributed by atoms with van der Waals surface area (Å²) >= 11 is 1.31. The number of rotatable bonds is 9. The molecule has 0 spiro atoms. The van der Waals surface area contributed by atoms with Crippen molar-refractivity contribution in [3.63, 3.8) is 0 Å². The van der Waals surface area contributed by atoms with Gasteiger partial charge in [-0.3, -0.25) is 4.79 Å². The monoisotopic (exact) mass is 495 g/mol. The summed E-state index contributed by atoms with van der Waals surface area (Å²) in [6.07, 6.45) is 1.75. The summed E-state index contributed by atoms with van der Waals surface area (Å²) in [6.45, 7) is -0.465. The Morgan fingerprint density at radius 3 is 2.21 bits per heavy atom. The molecule has 0 aliphatic rings. The van der Waals surface area contributed by atoms with Gasteiger partial charge >= 0.3 is 0 Å². The Morgan fingerprint density at radius 2 is 1.67 bits per heavy atom. The molecule has 0 saturated carbocycles. The van der Waals surface area contributed by atoms with Crippen LogP contribution in [0.25, 0.3) is 21.6 Å². The number of anilines is 1. The maximum Gasteiger partial charge on any atom is 0.243 e. The first-order valence-electron chi connectivity index (χ1n) is 9.58. The number of halogens is 1. The van der Waals surface area contributed by atoms with Crippen molar-refractivity contribution in [1.82, 2.24) is 4.37 Å². The maximum atomic E-state index is 12.2. The molecule has 3 aromatic rings. The third kappa shape index (κ3) is 5.48. The number of carbonyl (C=O) groups excluding carboxylic acids is 1. The Bertz CT molecular complexity index is 1080. The Balaban J connectivity index is 0.00000385. The van der Waals surface area contributed by atoms with Crippen molar-refractivity contribution >= 4 is 35.5 Å². The predicted octanol–water partition coefficient (Wildman–Crippen LogP) is 3.19. The highest BCUT2D eigenvalue weighted by molar-refractivity contribution is 7.10. The number of aromatic nitrogens is 1. The van der Waals surface area contributed by atoms with Gasteiger partial charge in [-0.15, -0.1) is 12.4 Å². The molecule has 0 fully saturated rings. The number of carbonyl (C=O) groups is 1. The van der Waals surface area contributed by atoms with Crippen LogP contribution < -0.4 is 30.0 Å². The van der Waals surface area contributed by atoms with Crippen molar-refractivity contribution in [3.8, 4) is 44.6 Å². The molecule has 2 aromatic carbocycles. The van der Waals surface area contributed by atoms with Crippen LogP contribution in [0.3, 0.4) is 0 Å². The molecular weight excluding hydrogens is 470 g/mol. The number of benzene rings is 2. The summed E-state index contributed by atoms with van der Waals surface area (Å²) in [4.78, 5) is 13.1. The van der Waals surface area contributed by atoms with Gasteiger partial charge in [0.1, 0.15) is 11.8 Å². The number of nitrogens with zero attached hydrogens (tertiary/aromatic N) is 1. The Hall–Kier alpha value is -3.05. The average molecular weight is 496 g/mol. The number of hydrogen-bond donors (Lipinski definition) is 3. The van der Waals surface area contributed by atoms with Crippen molar-refractivity contribution in [2.75, 3.05) is 40.4 Å². The predicted molar refractivity (Wildman–Crippen MR) is 130 cm³/mol. The molecule has 1 unspecified atom stereocenters. The standard InChI is InChI=1S/C22H25N3O6S.ClH/c1-28-17-6-5-12(7-16(17)25-22(27)15(23)11-26)14-10-24-32-21(14)13-8-18(29-2)20(31-4)19(9-13)30-3;/h5-10,15,26H,11,23H2,1-4H3,(H,25,27);1H. The van der Waals surface area contributed by atoms with Gasteiger partial charge in [0.25, 0.3) is 0 Å². The second kappa shape index (κ2) is 11.7. The maximum absolute atomic E-state index is 12.2. The number of methoxy groups -OCH3 is 4. The summed E-state index contributed by atoms with van der Waals surface area (Å²) in [7, 11) is 6.17. The van der Waals surface area contributed by atoms with Gasteiger partial charge in [0, 0.05) is 17.3 Å². The zero-order chi connectivity index (χ0) is 23.3. The lowest BCUT2D eigenvalue weighted by atomic mass is 10.0.